The Hall–Kier alpha value is -1.10. The van der Waals surface area contributed by atoms with Crippen LogP contribution < -0.4 is 4.74 Å². The maximum atomic E-state index is 13.4. The maximum absolute atomic E-state index is 13.4. The van der Waals surface area contributed by atoms with Crippen molar-refractivity contribution < 1.29 is 17.9 Å². The Labute approximate surface area is 127 Å². The molecule has 0 aromatic heterocycles. The summed E-state index contributed by atoms with van der Waals surface area (Å²) in [6.45, 7) is -3.06. The van der Waals surface area contributed by atoms with Crippen LogP contribution in [0, 0.1) is 5.82 Å². The highest BCUT2D eigenvalue weighted by Gasteiger charge is 2.18. The van der Waals surface area contributed by atoms with Gasteiger partial charge in [0.25, 0.3) is 0 Å². The van der Waals surface area contributed by atoms with Gasteiger partial charge < -0.3 is 4.74 Å². The summed E-state index contributed by atoms with van der Waals surface area (Å²) in [7, 11) is 0. The maximum Gasteiger partial charge on any atom is 0.387 e. The first-order valence-electron chi connectivity index (χ1n) is 5.28. The summed E-state index contributed by atoms with van der Waals surface area (Å²) in [5.74, 6) is -0.888. The highest BCUT2D eigenvalue weighted by atomic mass is 35.5. The minimum Gasteiger partial charge on any atom is -0.434 e. The van der Waals surface area contributed by atoms with Gasteiger partial charge in [0.2, 0.25) is 0 Å². The van der Waals surface area contributed by atoms with Gasteiger partial charge in [-0.2, -0.15) is 8.78 Å². The quantitative estimate of drug-likeness (QED) is 0.617. The zero-order valence-electron chi connectivity index (χ0n) is 9.64. The molecule has 0 saturated heterocycles. The Bertz CT molecular complexity index is 647. The lowest BCUT2D eigenvalue weighted by atomic mass is 10.0. The van der Waals surface area contributed by atoms with E-state index in [-0.39, 0.29) is 31.9 Å². The van der Waals surface area contributed by atoms with Crippen molar-refractivity contribution in [1.82, 2.24) is 0 Å². The summed E-state index contributed by atoms with van der Waals surface area (Å²) < 4.78 is 42.5. The molecule has 1 nitrogen and oxygen atoms in total. The predicted molar refractivity (Wildman–Crippen MR) is 73.5 cm³/mol. The Balaban J connectivity index is 2.68. The molecule has 0 N–H and O–H groups in total. The van der Waals surface area contributed by atoms with Crippen molar-refractivity contribution in [3.8, 4) is 16.9 Å². The van der Waals surface area contributed by atoms with Crippen LogP contribution in [-0.4, -0.2) is 6.61 Å². The molecule has 2 aromatic rings. The molecule has 0 heterocycles. The molecule has 0 unspecified atom stereocenters. The van der Waals surface area contributed by atoms with Crippen LogP contribution >= 0.6 is 34.8 Å². The minimum absolute atomic E-state index is 0.00259. The van der Waals surface area contributed by atoms with Crippen molar-refractivity contribution in [1.29, 1.82) is 0 Å². The van der Waals surface area contributed by atoms with Crippen LogP contribution in [0.25, 0.3) is 11.1 Å². The molecule has 0 fully saturated rings. The SMILES string of the molecule is Fc1ccc(OC(F)F)c(-c2c(Cl)ccc(Cl)c2Cl)c1. The lowest BCUT2D eigenvalue weighted by Crippen LogP contribution is -2.03. The van der Waals surface area contributed by atoms with Crippen molar-refractivity contribution in [2.45, 2.75) is 6.61 Å². The van der Waals surface area contributed by atoms with Gasteiger partial charge in [-0.1, -0.05) is 34.8 Å². The first kappa shape index (κ1) is 15.3. The van der Waals surface area contributed by atoms with Gasteiger partial charge in [-0.15, -0.1) is 0 Å². The molecule has 0 bridgehead atoms. The lowest BCUT2D eigenvalue weighted by Gasteiger charge is -2.14. The number of ether oxygens (including phenoxy) is 1. The first-order chi connectivity index (χ1) is 9.40. The van der Waals surface area contributed by atoms with Gasteiger partial charge in [-0.3, -0.25) is 0 Å². The summed E-state index contributed by atoms with van der Waals surface area (Å²) in [6, 6.07) is 5.95. The third kappa shape index (κ3) is 3.14. The molecule has 0 atom stereocenters. The minimum atomic E-state index is -3.06. The molecule has 0 radical (unpaired) electrons. The second-order valence-corrected chi connectivity index (χ2v) is 4.93. The lowest BCUT2D eigenvalue weighted by molar-refractivity contribution is -0.0494. The summed E-state index contributed by atoms with van der Waals surface area (Å²) in [5, 5.41) is 0.339. The molecular weight excluding hydrogens is 335 g/mol. The van der Waals surface area contributed by atoms with E-state index in [4.69, 9.17) is 34.8 Å². The van der Waals surface area contributed by atoms with E-state index in [9.17, 15) is 13.2 Å². The zero-order chi connectivity index (χ0) is 14.9. The Morgan fingerprint density at radius 3 is 2.25 bits per heavy atom. The highest BCUT2D eigenvalue weighted by molar-refractivity contribution is 6.46. The van der Waals surface area contributed by atoms with Crippen molar-refractivity contribution in [3.05, 3.63) is 51.2 Å². The number of alkyl halides is 2. The molecule has 7 heteroatoms. The third-order valence-corrected chi connectivity index (χ3v) is 3.59. The first-order valence-corrected chi connectivity index (χ1v) is 6.41. The van der Waals surface area contributed by atoms with Crippen LogP contribution in [0.3, 0.4) is 0 Å². The average Bonchev–Trinajstić information content (AvgIpc) is 2.37. The van der Waals surface area contributed by atoms with E-state index in [1.165, 1.54) is 12.1 Å². The van der Waals surface area contributed by atoms with Gasteiger partial charge in [0.1, 0.15) is 11.6 Å². The fourth-order valence-corrected chi connectivity index (χ4v) is 2.40. The van der Waals surface area contributed by atoms with Crippen LogP contribution in [0.1, 0.15) is 0 Å². The summed E-state index contributed by atoms with van der Waals surface area (Å²) in [5.41, 5.74) is 0.138. The van der Waals surface area contributed by atoms with Crippen molar-refractivity contribution in [3.63, 3.8) is 0 Å². The van der Waals surface area contributed by atoms with Crippen molar-refractivity contribution >= 4 is 34.8 Å². The van der Waals surface area contributed by atoms with E-state index in [1.54, 1.807) is 0 Å². The molecule has 0 spiro atoms. The molecule has 0 aliphatic heterocycles. The fraction of sp³-hybridized carbons (Fsp3) is 0.0769. The van der Waals surface area contributed by atoms with Crippen LogP contribution in [0.2, 0.25) is 15.1 Å². The summed E-state index contributed by atoms with van der Waals surface area (Å²) >= 11 is 17.9. The monoisotopic (exact) mass is 340 g/mol. The smallest absolute Gasteiger partial charge is 0.387 e. The topological polar surface area (TPSA) is 9.23 Å². The van der Waals surface area contributed by atoms with E-state index in [0.717, 1.165) is 18.2 Å². The normalized spacial score (nSPS) is 10.9. The van der Waals surface area contributed by atoms with E-state index < -0.39 is 12.4 Å². The fourth-order valence-electron chi connectivity index (χ4n) is 1.67. The molecule has 0 amide bonds. The Morgan fingerprint density at radius 1 is 0.950 bits per heavy atom. The zero-order valence-corrected chi connectivity index (χ0v) is 11.9. The molecule has 106 valence electrons. The second-order valence-electron chi connectivity index (χ2n) is 3.74. The standard InChI is InChI=1S/C13H6Cl3F3O/c14-8-2-3-9(15)12(16)11(8)7-5-6(17)1-4-10(7)20-13(18)19/h1-5,13H. The molecule has 2 aromatic carbocycles. The largest absolute Gasteiger partial charge is 0.434 e. The van der Waals surface area contributed by atoms with Crippen LogP contribution in [0.5, 0.6) is 5.75 Å². The van der Waals surface area contributed by atoms with Gasteiger partial charge in [0, 0.05) is 11.1 Å². The van der Waals surface area contributed by atoms with Gasteiger partial charge in [-0.25, -0.2) is 4.39 Å². The van der Waals surface area contributed by atoms with E-state index in [0.29, 0.717) is 0 Å². The number of rotatable bonds is 3. The number of hydrogen-bond donors (Lipinski definition) is 0. The molecular formula is C13H6Cl3F3O. The molecule has 20 heavy (non-hydrogen) atoms. The average molecular weight is 342 g/mol. The van der Waals surface area contributed by atoms with Gasteiger partial charge in [-0.05, 0) is 30.3 Å². The van der Waals surface area contributed by atoms with Crippen LogP contribution in [-0.2, 0) is 0 Å². The van der Waals surface area contributed by atoms with Crippen LogP contribution in [0.15, 0.2) is 30.3 Å². The van der Waals surface area contributed by atoms with Gasteiger partial charge in [0.05, 0.1) is 15.1 Å². The Kier molecular flexibility index (Phi) is 4.68. The predicted octanol–water partition coefficient (Wildman–Crippen LogP) is 6.05. The van der Waals surface area contributed by atoms with Crippen molar-refractivity contribution in [2.75, 3.05) is 0 Å². The molecule has 0 aliphatic rings. The summed E-state index contributed by atoms with van der Waals surface area (Å²) in [6.07, 6.45) is 0. The Morgan fingerprint density at radius 2 is 1.60 bits per heavy atom. The highest BCUT2D eigenvalue weighted by Crippen LogP contribution is 2.43. The second kappa shape index (κ2) is 6.12. The van der Waals surface area contributed by atoms with E-state index in [2.05, 4.69) is 4.74 Å². The van der Waals surface area contributed by atoms with E-state index >= 15 is 0 Å². The number of hydrogen-bond acceptors (Lipinski definition) is 1. The summed E-state index contributed by atoms with van der Waals surface area (Å²) in [4.78, 5) is 0. The third-order valence-electron chi connectivity index (χ3n) is 2.47. The van der Waals surface area contributed by atoms with Gasteiger partial charge in [0.15, 0.2) is 0 Å². The van der Waals surface area contributed by atoms with Gasteiger partial charge >= 0.3 is 6.61 Å². The van der Waals surface area contributed by atoms with Crippen LogP contribution in [0.4, 0.5) is 13.2 Å². The molecule has 0 saturated carbocycles. The number of halogens is 6. The molecule has 2 rings (SSSR count). The van der Waals surface area contributed by atoms with E-state index in [1.807, 2.05) is 0 Å². The molecule has 0 aliphatic carbocycles. The van der Waals surface area contributed by atoms with Crippen molar-refractivity contribution in [2.24, 2.45) is 0 Å². The number of benzene rings is 2.